The molecule has 2 saturated heterocycles. The van der Waals surface area contributed by atoms with Gasteiger partial charge in [0, 0.05) is 69.2 Å². The summed E-state index contributed by atoms with van der Waals surface area (Å²) in [6.07, 6.45) is 7.25. The van der Waals surface area contributed by atoms with E-state index in [0.29, 0.717) is 37.0 Å². The van der Waals surface area contributed by atoms with Gasteiger partial charge in [-0.15, -0.1) is 12.4 Å². The van der Waals surface area contributed by atoms with Crippen LogP contribution in [0.2, 0.25) is 0 Å². The van der Waals surface area contributed by atoms with Gasteiger partial charge in [-0.25, -0.2) is 13.5 Å². The lowest BCUT2D eigenvalue weighted by Gasteiger charge is -2.35. The minimum absolute atomic E-state index is 0. The van der Waals surface area contributed by atoms with Crippen LogP contribution in [0.5, 0.6) is 0 Å². The van der Waals surface area contributed by atoms with Crippen molar-refractivity contribution in [2.75, 3.05) is 61.3 Å². The van der Waals surface area contributed by atoms with Crippen LogP contribution in [0.4, 0.5) is 26.2 Å². The quantitative estimate of drug-likeness (QED) is 0.487. The molecule has 3 N–H and O–H groups in total. The molecule has 2 aliphatic heterocycles. The molecule has 0 radical (unpaired) electrons. The second-order valence-electron chi connectivity index (χ2n) is 9.60. The van der Waals surface area contributed by atoms with Crippen molar-refractivity contribution < 1.29 is 13.9 Å². The number of anilines is 3. The number of halogens is 3. The molecule has 0 bridgehead atoms. The number of nitrogens with zero attached hydrogens (tertiary/aromatic N) is 7. The van der Waals surface area contributed by atoms with E-state index in [1.807, 2.05) is 28.9 Å². The van der Waals surface area contributed by atoms with Gasteiger partial charge in [0.25, 0.3) is 0 Å². The zero-order valence-electron chi connectivity index (χ0n) is 21.3. The fraction of sp³-hybridized carbons (Fsp3) is 0.423. The number of aromatic nitrogens is 4. The van der Waals surface area contributed by atoms with E-state index < -0.39 is 11.6 Å². The zero-order chi connectivity index (χ0) is 25.9. The SMILES string of the molecule is Cc1c(/C=C/CN2CCN(c3cc(F)cc(F)c3)CC2)cnn1-c1cc(N2CCCC(O)C2)nc(N)n1.Cl. The molecule has 0 aliphatic carbocycles. The first-order valence-electron chi connectivity index (χ1n) is 12.6. The molecule has 3 aromatic rings. The summed E-state index contributed by atoms with van der Waals surface area (Å²) < 4.78 is 28.9. The summed E-state index contributed by atoms with van der Waals surface area (Å²) in [5, 5.41) is 14.6. The van der Waals surface area contributed by atoms with Crippen LogP contribution >= 0.6 is 12.4 Å². The van der Waals surface area contributed by atoms with E-state index in [1.165, 1.54) is 12.1 Å². The largest absolute Gasteiger partial charge is 0.391 e. The van der Waals surface area contributed by atoms with Crippen molar-refractivity contribution in [1.29, 1.82) is 0 Å². The average molecular weight is 547 g/mol. The molecule has 9 nitrogen and oxygen atoms in total. The van der Waals surface area contributed by atoms with Crippen molar-refractivity contribution in [2.45, 2.75) is 25.9 Å². The molecule has 12 heteroatoms. The van der Waals surface area contributed by atoms with Crippen molar-refractivity contribution in [3.63, 3.8) is 0 Å². The van der Waals surface area contributed by atoms with Gasteiger partial charge in [-0.3, -0.25) is 4.90 Å². The van der Waals surface area contributed by atoms with Crippen molar-refractivity contribution in [3.05, 3.63) is 59.4 Å². The van der Waals surface area contributed by atoms with E-state index in [1.54, 1.807) is 10.9 Å². The summed E-state index contributed by atoms with van der Waals surface area (Å²) in [5.41, 5.74) is 8.49. The Balaban J connectivity index is 0.00000336. The van der Waals surface area contributed by atoms with E-state index in [-0.39, 0.29) is 24.5 Å². The Kier molecular flexibility index (Phi) is 8.80. The van der Waals surface area contributed by atoms with E-state index in [2.05, 4.69) is 26.0 Å². The maximum absolute atomic E-state index is 13.6. The normalized spacial score (nSPS) is 18.7. The smallest absolute Gasteiger partial charge is 0.224 e. The lowest BCUT2D eigenvalue weighted by Crippen LogP contribution is -2.46. The van der Waals surface area contributed by atoms with E-state index >= 15 is 0 Å². The summed E-state index contributed by atoms with van der Waals surface area (Å²) in [4.78, 5) is 15.1. The lowest BCUT2D eigenvalue weighted by atomic mass is 10.1. The van der Waals surface area contributed by atoms with E-state index in [4.69, 9.17) is 5.73 Å². The summed E-state index contributed by atoms with van der Waals surface area (Å²) in [7, 11) is 0. The number of hydrogen-bond donors (Lipinski definition) is 2. The number of rotatable bonds is 6. The summed E-state index contributed by atoms with van der Waals surface area (Å²) in [5.74, 6) is 0.336. The van der Waals surface area contributed by atoms with Gasteiger partial charge in [-0.2, -0.15) is 15.1 Å². The van der Waals surface area contributed by atoms with Gasteiger partial charge < -0.3 is 20.6 Å². The highest BCUT2D eigenvalue weighted by Crippen LogP contribution is 2.23. The summed E-state index contributed by atoms with van der Waals surface area (Å²) >= 11 is 0. The molecule has 1 atom stereocenters. The Hall–Kier alpha value is -3.28. The van der Waals surface area contributed by atoms with Crippen LogP contribution < -0.4 is 15.5 Å². The number of hydrogen-bond acceptors (Lipinski definition) is 8. The van der Waals surface area contributed by atoms with Crippen LogP contribution in [0.15, 0.2) is 36.5 Å². The van der Waals surface area contributed by atoms with Crippen LogP contribution in [0.3, 0.4) is 0 Å². The summed E-state index contributed by atoms with van der Waals surface area (Å²) in [6, 6.07) is 5.51. The van der Waals surface area contributed by atoms with E-state index in [9.17, 15) is 13.9 Å². The second kappa shape index (κ2) is 12.1. The molecule has 2 aliphatic rings. The van der Waals surface area contributed by atoms with Crippen LogP contribution in [-0.4, -0.2) is 81.7 Å². The molecule has 0 spiro atoms. The van der Waals surface area contributed by atoms with Crippen molar-refractivity contribution in [1.82, 2.24) is 24.6 Å². The number of β-amino-alcohol motifs (C(OH)–C–C–N with tert-alkyl or cyclic N) is 1. The average Bonchev–Trinajstić information content (AvgIpc) is 3.23. The summed E-state index contributed by atoms with van der Waals surface area (Å²) in [6.45, 7) is 7.09. The third kappa shape index (κ3) is 6.40. The van der Waals surface area contributed by atoms with Crippen molar-refractivity contribution in [3.8, 4) is 5.82 Å². The molecule has 1 unspecified atom stereocenters. The van der Waals surface area contributed by atoms with Crippen LogP contribution in [0.25, 0.3) is 11.9 Å². The molecule has 38 heavy (non-hydrogen) atoms. The monoisotopic (exact) mass is 546 g/mol. The highest BCUT2D eigenvalue weighted by atomic mass is 35.5. The molecule has 0 amide bonds. The second-order valence-corrected chi connectivity index (χ2v) is 9.60. The van der Waals surface area contributed by atoms with Crippen LogP contribution in [-0.2, 0) is 0 Å². The number of aliphatic hydroxyl groups is 1. The Morgan fingerprint density at radius 1 is 1.00 bits per heavy atom. The van der Waals surface area contributed by atoms with Gasteiger partial charge in [0.05, 0.1) is 18.0 Å². The molecule has 2 aromatic heterocycles. The Labute approximate surface area is 227 Å². The maximum atomic E-state index is 13.6. The minimum Gasteiger partial charge on any atom is -0.391 e. The number of piperazine rings is 1. The number of nitrogens with two attached hydrogens (primary N) is 1. The Morgan fingerprint density at radius 3 is 2.42 bits per heavy atom. The van der Waals surface area contributed by atoms with Gasteiger partial charge in [0.1, 0.15) is 17.5 Å². The molecule has 2 fully saturated rings. The van der Waals surface area contributed by atoms with Crippen LogP contribution in [0, 0.1) is 18.6 Å². The highest BCUT2D eigenvalue weighted by Gasteiger charge is 2.21. The Morgan fingerprint density at radius 2 is 1.71 bits per heavy atom. The van der Waals surface area contributed by atoms with Gasteiger partial charge >= 0.3 is 0 Å². The third-order valence-electron chi connectivity index (χ3n) is 6.95. The molecule has 4 heterocycles. The van der Waals surface area contributed by atoms with Crippen LogP contribution in [0.1, 0.15) is 24.1 Å². The Bertz CT molecular complexity index is 1260. The number of aliphatic hydroxyl groups excluding tert-OH is 1. The molecule has 5 rings (SSSR count). The molecule has 0 saturated carbocycles. The van der Waals surface area contributed by atoms with Gasteiger partial charge in [0.2, 0.25) is 5.95 Å². The predicted octanol–water partition coefficient (Wildman–Crippen LogP) is 3.05. The molecule has 204 valence electrons. The highest BCUT2D eigenvalue weighted by molar-refractivity contribution is 5.85. The predicted molar refractivity (Wildman–Crippen MR) is 147 cm³/mol. The van der Waals surface area contributed by atoms with Gasteiger partial charge in [0.15, 0.2) is 5.82 Å². The minimum atomic E-state index is -0.553. The zero-order valence-corrected chi connectivity index (χ0v) is 22.1. The first kappa shape index (κ1) is 27.7. The van der Waals surface area contributed by atoms with E-state index in [0.717, 1.165) is 56.3 Å². The maximum Gasteiger partial charge on any atom is 0.224 e. The topological polar surface area (TPSA) is 99.6 Å². The fourth-order valence-electron chi connectivity index (χ4n) is 4.93. The molecular weight excluding hydrogens is 514 g/mol. The first-order chi connectivity index (χ1) is 17.9. The number of nitrogen functional groups attached to an aromatic ring is 1. The molecule has 1 aromatic carbocycles. The van der Waals surface area contributed by atoms with Crippen molar-refractivity contribution >= 4 is 35.9 Å². The third-order valence-corrected chi connectivity index (χ3v) is 6.95. The van der Waals surface area contributed by atoms with Crippen molar-refractivity contribution in [2.24, 2.45) is 0 Å². The standard InChI is InChI=1S/C26H32F2N8O.ClH/c1-18-19(4-2-6-33-8-10-34(11-9-33)22-13-20(27)12-21(28)14-22)16-30-36(18)25-15-24(31-26(29)32-25)35-7-3-5-23(37)17-35;/h2,4,12-16,23,37H,3,5-11,17H2,1H3,(H2,29,31,32);1H/b4-2+;. The molecular formula is C26H33ClF2N8O. The first-order valence-corrected chi connectivity index (χ1v) is 12.6. The fourth-order valence-corrected chi connectivity index (χ4v) is 4.93. The number of benzene rings is 1. The number of piperidine rings is 1. The lowest BCUT2D eigenvalue weighted by molar-refractivity contribution is 0.154. The van der Waals surface area contributed by atoms with Gasteiger partial charge in [-0.05, 0) is 31.9 Å². The van der Waals surface area contributed by atoms with Gasteiger partial charge in [-0.1, -0.05) is 12.2 Å².